The molecule has 3 aromatic carbocycles. The molecule has 2 atom stereocenters. The van der Waals surface area contributed by atoms with Crippen molar-refractivity contribution in [2.75, 3.05) is 19.8 Å². The number of nitrogens with one attached hydrogen (secondary N) is 1. The first kappa shape index (κ1) is 17.2. The fourth-order valence-corrected chi connectivity index (χ4v) is 3.50. The predicted octanol–water partition coefficient (Wildman–Crippen LogP) is 4.23. The Morgan fingerprint density at radius 1 is 1.04 bits per heavy atom. The molecule has 0 aliphatic carbocycles. The van der Waals surface area contributed by atoms with Crippen molar-refractivity contribution in [2.24, 2.45) is 0 Å². The first-order chi connectivity index (χ1) is 12.8. The van der Waals surface area contributed by atoms with Crippen molar-refractivity contribution in [3.05, 3.63) is 83.7 Å². The van der Waals surface area contributed by atoms with Gasteiger partial charge in [-0.2, -0.15) is 0 Å². The van der Waals surface area contributed by atoms with E-state index < -0.39 is 0 Å². The van der Waals surface area contributed by atoms with Crippen LogP contribution in [0.4, 0.5) is 4.39 Å². The van der Waals surface area contributed by atoms with E-state index >= 15 is 0 Å². The molecule has 0 spiro atoms. The fourth-order valence-electron chi connectivity index (χ4n) is 3.50. The van der Waals surface area contributed by atoms with Gasteiger partial charge in [-0.1, -0.05) is 54.6 Å². The third kappa shape index (κ3) is 3.78. The van der Waals surface area contributed by atoms with Gasteiger partial charge < -0.3 is 14.8 Å². The molecule has 1 heterocycles. The highest BCUT2D eigenvalue weighted by atomic mass is 19.1. The molecular formula is C22H22FNO2. The number of halogens is 1. The molecule has 4 heteroatoms. The second-order valence-corrected chi connectivity index (χ2v) is 6.49. The van der Waals surface area contributed by atoms with E-state index in [9.17, 15) is 4.39 Å². The molecule has 0 amide bonds. The molecule has 0 radical (unpaired) electrons. The monoisotopic (exact) mass is 351 g/mol. The zero-order valence-electron chi connectivity index (χ0n) is 14.5. The van der Waals surface area contributed by atoms with Crippen LogP contribution >= 0.6 is 0 Å². The average molecular weight is 351 g/mol. The lowest BCUT2D eigenvalue weighted by Gasteiger charge is -2.33. The van der Waals surface area contributed by atoms with Gasteiger partial charge in [0.2, 0.25) is 0 Å². The molecule has 0 aromatic heterocycles. The molecule has 0 unspecified atom stereocenters. The lowest BCUT2D eigenvalue weighted by atomic mass is 10.0. The number of fused-ring (bicyclic) bond motifs is 1. The maximum absolute atomic E-state index is 13.9. The maximum Gasteiger partial charge on any atom is 0.176 e. The third-order valence-electron chi connectivity index (χ3n) is 4.75. The standard InChI is InChI=1S/C22H22FNO2/c23-19-14-17-8-4-5-9-20(17)18(15-19)10-12-25-22-21(24-11-13-26-22)16-6-2-1-3-7-16/h1-9,14-15,21-22,24H,10-13H2/t21-,22+/m0/s1. The summed E-state index contributed by atoms with van der Waals surface area (Å²) >= 11 is 0. The quantitative estimate of drug-likeness (QED) is 0.746. The summed E-state index contributed by atoms with van der Waals surface area (Å²) in [6.45, 7) is 1.90. The topological polar surface area (TPSA) is 30.5 Å². The van der Waals surface area contributed by atoms with Crippen LogP contribution in [0.5, 0.6) is 0 Å². The van der Waals surface area contributed by atoms with Crippen molar-refractivity contribution < 1.29 is 13.9 Å². The van der Waals surface area contributed by atoms with Gasteiger partial charge in [-0.25, -0.2) is 4.39 Å². The van der Waals surface area contributed by atoms with Gasteiger partial charge in [-0.3, -0.25) is 0 Å². The lowest BCUT2D eigenvalue weighted by molar-refractivity contribution is -0.176. The Kier molecular flexibility index (Phi) is 5.25. The summed E-state index contributed by atoms with van der Waals surface area (Å²) in [6, 6.07) is 21.2. The van der Waals surface area contributed by atoms with E-state index in [0.29, 0.717) is 19.6 Å². The van der Waals surface area contributed by atoms with Crippen molar-refractivity contribution in [1.29, 1.82) is 0 Å². The van der Waals surface area contributed by atoms with Gasteiger partial charge >= 0.3 is 0 Å². The Morgan fingerprint density at radius 3 is 2.73 bits per heavy atom. The zero-order chi connectivity index (χ0) is 17.8. The van der Waals surface area contributed by atoms with Crippen molar-refractivity contribution >= 4 is 10.8 Å². The number of benzene rings is 3. The summed E-state index contributed by atoms with van der Waals surface area (Å²) < 4.78 is 25.8. The molecule has 1 aliphatic rings. The molecule has 134 valence electrons. The third-order valence-corrected chi connectivity index (χ3v) is 4.75. The largest absolute Gasteiger partial charge is 0.350 e. The maximum atomic E-state index is 13.9. The molecule has 3 nitrogen and oxygen atoms in total. The molecular weight excluding hydrogens is 329 g/mol. The van der Waals surface area contributed by atoms with Crippen LogP contribution in [0.15, 0.2) is 66.7 Å². The summed E-state index contributed by atoms with van der Waals surface area (Å²) in [5.41, 5.74) is 2.11. The Labute approximate surface area is 152 Å². The Morgan fingerprint density at radius 2 is 1.85 bits per heavy atom. The van der Waals surface area contributed by atoms with E-state index in [1.54, 1.807) is 12.1 Å². The van der Waals surface area contributed by atoms with Crippen LogP contribution in [-0.2, 0) is 15.9 Å². The lowest BCUT2D eigenvalue weighted by Crippen LogP contribution is -2.43. The highest BCUT2D eigenvalue weighted by Crippen LogP contribution is 2.24. The number of hydrogen-bond acceptors (Lipinski definition) is 3. The summed E-state index contributed by atoms with van der Waals surface area (Å²) in [4.78, 5) is 0. The zero-order valence-corrected chi connectivity index (χ0v) is 14.5. The highest BCUT2D eigenvalue weighted by Gasteiger charge is 2.27. The Hall–Kier alpha value is -2.27. The number of morpholine rings is 1. The van der Waals surface area contributed by atoms with Crippen LogP contribution in [0, 0.1) is 5.82 Å². The van der Waals surface area contributed by atoms with Gasteiger partial charge in [0.15, 0.2) is 6.29 Å². The summed E-state index contributed by atoms with van der Waals surface area (Å²) in [6.07, 6.45) is 0.297. The minimum atomic E-state index is -0.342. The summed E-state index contributed by atoms with van der Waals surface area (Å²) in [5.74, 6) is -0.212. The predicted molar refractivity (Wildman–Crippen MR) is 100 cm³/mol. The summed E-state index contributed by atoms with van der Waals surface area (Å²) in [7, 11) is 0. The van der Waals surface area contributed by atoms with Gasteiger partial charge in [0.05, 0.1) is 19.3 Å². The molecule has 0 bridgehead atoms. The SMILES string of the molecule is Fc1cc(CCO[C@@H]2OCCN[C@H]2c2ccccc2)c2ccccc2c1. The van der Waals surface area contributed by atoms with Crippen LogP contribution in [0.25, 0.3) is 10.8 Å². The van der Waals surface area contributed by atoms with Crippen molar-refractivity contribution in [3.63, 3.8) is 0 Å². The summed E-state index contributed by atoms with van der Waals surface area (Å²) in [5, 5.41) is 5.45. The molecule has 1 fully saturated rings. The smallest absolute Gasteiger partial charge is 0.176 e. The first-order valence-corrected chi connectivity index (χ1v) is 9.00. The van der Waals surface area contributed by atoms with Crippen LogP contribution in [0.2, 0.25) is 0 Å². The minimum absolute atomic E-state index is 0.00852. The minimum Gasteiger partial charge on any atom is -0.350 e. The van der Waals surface area contributed by atoms with E-state index in [1.807, 2.05) is 42.5 Å². The van der Waals surface area contributed by atoms with E-state index in [1.165, 1.54) is 0 Å². The first-order valence-electron chi connectivity index (χ1n) is 9.00. The van der Waals surface area contributed by atoms with Crippen LogP contribution < -0.4 is 5.32 Å². The molecule has 1 aliphatic heterocycles. The second kappa shape index (κ2) is 7.96. The molecule has 4 rings (SSSR count). The van der Waals surface area contributed by atoms with E-state index in [4.69, 9.17) is 9.47 Å². The van der Waals surface area contributed by atoms with E-state index in [-0.39, 0.29) is 18.1 Å². The van der Waals surface area contributed by atoms with Gasteiger partial charge in [0, 0.05) is 6.54 Å². The second-order valence-electron chi connectivity index (χ2n) is 6.49. The van der Waals surface area contributed by atoms with Crippen LogP contribution in [-0.4, -0.2) is 26.0 Å². The van der Waals surface area contributed by atoms with E-state index in [0.717, 1.165) is 28.4 Å². The number of rotatable bonds is 5. The molecule has 3 aromatic rings. The van der Waals surface area contributed by atoms with Gasteiger partial charge in [0.25, 0.3) is 0 Å². The van der Waals surface area contributed by atoms with E-state index in [2.05, 4.69) is 17.4 Å². The average Bonchev–Trinajstić information content (AvgIpc) is 2.69. The number of hydrogen-bond donors (Lipinski definition) is 1. The molecule has 1 N–H and O–H groups in total. The van der Waals surface area contributed by atoms with Gasteiger partial charge in [-0.15, -0.1) is 0 Å². The van der Waals surface area contributed by atoms with Crippen LogP contribution in [0.1, 0.15) is 17.2 Å². The Balaban J connectivity index is 1.45. The van der Waals surface area contributed by atoms with Gasteiger partial charge in [-0.05, 0) is 40.5 Å². The van der Waals surface area contributed by atoms with Crippen molar-refractivity contribution in [1.82, 2.24) is 5.32 Å². The Bertz CT molecular complexity index is 868. The fraction of sp³-hybridized carbons (Fsp3) is 0.273. The van der Waals surface area contributed by atoms with Crippen molar-refractivity contribution in [3.8, 4) is 0 Å². The van der Waals surface area contributed by atoms with Gasteiger partial charge in [0.1, 0.15) is 5.82 Å². The molecule has 0 saturated carbocycles. The van der Waals surface area contributed by atoms with Crippen molar-refractivity contribution in [2.45, 2.75) is 18.8 Å². The number of ether oxygens (including phenoxy) is 2. The highest BCUT2D eigenvalue weighted by molar-refractivity contribution is 5.85. The molecule has 26 heavy (non-hydrogen) atoms. The molecule has 1 saturated heterocycles. The normalized spacial score (nSPS) is 20.3. The van der Waals surface area contributed by atoms with Crippen LogP contribution in [0.3, 0.4) is 0 Å².